The van der Waals surface area contributed by atoms with Gasteiger partial charge in [0.25, 0.3) is 0 Å². The summed E-state index contributed by atoms with van der Waals surface area (Å²) in [4.78, 5) is 13.9. The van der Waals surface area contributed by atoms with Gasteiger partial charge in [0.15, 0.2) is 0 Å². The van der Waals surface area contributed by atoms with Gasteiger partial charge in [-0.15, -0.1) is 0 Å². The summed E-state index contributed by atoms with van der Waals surface area (Å²) in [5, 5.41) is 2.83. The number of hydrogen-bond donors (Lipinski definition) is 1. The van der Waals surface area contributed by atoms with Crippen molar-refractivity contribution in [3.8, 4) is 5.75 Å². The van der Waals surface area contributed by atoms with Crippen molar-refractivity contribution >= 4 is 12.1 Å². The number of methoxy groups -OCH3 is 1. The second-order valence-electron chi connectivity index (χ2n) is 4.93. The van der Waals surface area contributed by atoms with Gasteiger partial charge < -0.3 is 15.0 Å². The van der Waals surface area contributed by atoms with Crippen LogP contribution in [0.15, 0.2) is 30.5 Å². The Kier molecular flexibility index (Phi) is 5.47. The minimum Gasteiger partial charge on any atom is -0.496 e. The average Bonchev–Trinajstić information content (AvgIpc) is 2.77. The fraction of sp³-hybridized carbons (Fsp3) is 0.438. The van der Waals surface area contributed by atoms with E-state index >= 15 is 0 Å². The van der Waals surface area contributed by atoms with Crippen LogP contribution in [0.25, 0.3) is 6.08 Å². The number of rotatable bonds is 3. The van der Waals surface area contributed by atoms with Crippen molar-refractivity contribution in [2.75, 3.05) is 20.2 Å². The molecule has 0 radical (unpaired) electrons. The molecule has 0 aliphatic carbocycles. The first kappa shape index (κ1) is 14.4. The molecule has 2 amide bonds. The minimum absolute atomic E-state index is 0.0157. The van der Waals surface area contributed by atoms with Crippen LogP contribution in [0, 0.1) is 0 Å². The fourth-order valence-electron chi connectivity index (χ4n) is 2.37. The van der Waals surface area contributed by atoms with Gasteiger partial charge in [0.05, 0.1) is 7.11 Å². The molecule has 0 unspecified atom stereocenters. The van der Waals surface area contributed by atoms with Crippen molar-refractivity contribution < 1.29 is 9.53 Å². The van der Waals surface area contributed by atoms with E-state index in [1.165, 1.54) is 12.8 Å². The molecule has 0 aromatic heterocycles. The molecule has 1 heterocycles. The molecule has 1 aliphatic rings. The lowest BCUT2D eigenvalue weighted by atomic mass is 10.2. The Morgan fingerprint density at radius 3 is 2.60 bits per heavy atom. The highest BCUT2D eigenvalue weighted by Crippen LogP contribution is 2.18. The molecular weight excluding hydrogens is 252 g/mol. The zero-order chi connectivity index (χ0) is 14.2. The molecule has 1 aromatic carbocycles. The van der Waals surface area contributed by atoms with E-state index < -0.39 is 0 Å². The number of para-hydroxylation sites is 1. The molecule has 0 bridgehead atoms. The number of carbonyl (C=O) groups is 1. The lowest BCUT2D eigenvalue weighted by molar-refractivity contribution is 0.203. The second-order valence-corrected chi connectivity index (χ2v) is 4.93. The fourth-order valence-corrected chi connectivity index (χ4v) is 2.37. The van der Waals surface area contributed by atoms with Gasteiger partial charge in [-0.1, -0.05) is 31.0 Å². The van der Waals surface area contributed by atoms with Crippen LogP contribution in [0.1, 0.15) is 31.2 Å². The number of amides is 2. The van der Waals surface area contributed by atoms with Gasteiger partial charge in [-0.25, -0.2) is 4.79 Å². The average molecular weight is 274 g/mol. The molecule has 1 aromatic rings. The van der Waals surface area contributed by atoms with E-state index in [9.17, 15) is 4.79 Å². The van der Waals surface area contributed by atoms with Gasteiger partial charge in [0.1, 0.15) is 5.75 Å². The monoisotopic (exact) mass is 274 g/mol. The van der Waals surface area contributed by atoms with Crippen LogP contribution >= 0.6 is 0 Å². The normalized spacial score (nSPS) is 15.9. The third-order valence-corrected chi connectivity index (χ3v) is 3.50. The van der Waals surface area contributed by atoms with Gasteiger partial charge in [0.2, 0.25) is 0 Å². The first-order valence-electron chi connectivity index (χ1n) is 7.16. The molecule has 108 valence electrons. The lowest BCUT2D eigenvalue weighted by Crippen LogP contribution is -2.38. The van der Waals surface area contributed by atoms with E-state index in [0.717, 1.165) is 37.2 Å². The summed E-state index contributed by atoms with van der Waals surface area (Å²) >= 11 is 0. The van der Waals surface area contributed by atoms with Crippen molar-refractivity contribution in [1.29, 1.82) is 0 Å². The third-order valence-electron chi connectivity index (χ3n) is 3.50. The highest BCUT2D eigenvalue weighted by atomic mass is 16.5. The highest BCUT2D eigenvalue weighted by Gasteiger charge is 2.13. The molecule has 0 spiro atoms. The number of urea groups is 1. The molecule has 1 N–H and O–H groups in total. The minimum atomic E-state index is -0.0157. The van der Waals surface area contributed by atoms with Gasteiger partial charge in [-0.2, -0.15) is 0 Å². The Bertz CT molecular complexity index is 463. The van der Waals surface area contributed by atoms with Crippen LogP contribution < -0.4 is 10.1 Å². The number of benzene rings is 1. The Morgan fingerprint density at radius 2 is 1.90 bits per heavy atom. The quantitative estimate of drug-likeness (QED) is 0.919. The molecule has 0 saturated carbocycles. The van der Waals surface area contributed by atoms with Crippen molar-refractivity contribution in [2.24, 2.45) is 0 Å². The highest BCUT2D eigenvalue weighted by molar-refractivity contribution is 5.76. The molecular formula is C16H22N2O2. The van der Waals surface area contributed by atoms with Crippen LogP contribution in [0.3, 0.4) is 0 Å². The van der Waals surface area contributed by atoms with E-state index in [0.29, 0.717) is 0 Å². The van der Waals surface area contributed by atoms with Crippen LogP contribution in [-0.2, 0) is 0 Å². The van der Waals surface area contributed by atoms with Gasteiger partial charge in [-0.05, 0) is 25.0 Å². The maximum atomic E-state index is 12.0. The maximum Gasteiger partial charge on any atom is 0.321 e. The molecule has 4 heteroatoms. The zero-order valence-corrected chi connectivity index (χ0v) is 12.0. The number of carbonyl (C=O) groups excluding carboxylic acids is 1. The van der Waals surface area contributed by atoms with Crippen LogP contribution in [0.5, 0.6) is 5.75 Å². The van der Waals surface area contributed by atoms with E-state index in [4.69, 9.17) is 4.74 Å². The molecule has 4 nitrogen and oxygen atoms in total. The molecule has 1 aliphatic heterocycles. The van der Waals surface area contributed by atoms with E-state index in [2.05, 4.69) is 5.32 Å². The second kappa shape index (κ2) is 7.58. The van der Waals surface area contributed by atoms with Crippen molar-refractivity contribution in [1.82, 2.24) is 10.2 Å². The van der Waals surface area contributed by atoms with Crippen molar-refractivity contribution in [3.05, 3.63) is 36.0 Å². The van der Waals surface area contributed by atoms with Crippen LogP contribution in [0.4, 0.5) is 4.79 Å². The van der Waals surface area contributed by atoms with Crippen molar-refractivity contribution in [2.45, 2.75) is 25.7 Å². The Labute approximate surface area is 120 Å². The third kappa shape index (κ3) is 4.02. The van der Waals surface area contributed by atoms with Gasteiger partial charge in [-0.3, -0.25) is 0 Å². The topological polar surface area (TPSA) is 41.6 Å². The van der Waals surface area contributed by atoms with Crippen LogP contribution in [0.2, 0.25) is 0 Å². The Hall–Kier alpha value is -1.97. The SMILES string of the molecule is COc1ccccc1/C=C/NC(=O)N1CCCCCC1. The number of likely N-dealkylation sites (tertiary alicyclic amines) is 1. The van der Waals surface area contributed by atoms with Gasteiger partial charge >= 0.3 is 6.03 Å². The number of ether oxygens (including phenoxy) is 1. The maximum absolute atomic E-state index is 12.0. The summed E-state index contributed by atoms with van der Waals surface area (Å²) in [6.45, 7) is 1.71. The van der Waals surface area contributed by atoms with Crippen molar-refractivity contribution in [3.63, 3.8) is 0 Å². The summed E-state index contributed by atoms with van der Waals surface area (Å²) in [5.41, 5.74) is 0.950. The Morgan fingerprint density at radius 1 is 1.20 bits per heavy atom. The Balaban J connectivity index is 1.90. The first-order chi connectivity index (χ1) is 9.81. The van der Waals surface area contributed by atoms with E-state index in [-0.39, 0.29) is 6.03 Å². The van der Waals surface area contributed by atoms with Crippen LogP contribution in [-0.4, -0.2) is 31.1 Å². The molecule has 2 rings (SSSR count). The number of nitrogens with one attached hydrogen (secondary N) is 1. The molecule has 1 fully saturated rings. The lowest BCUT2D eigenvalue weighted by Gasteiger charge is -2.19. The largest absolute Gasteiger partial charge is 0.496 e. The summed E-state index contributed by atoms with van der Waals surface area (Å²) in [6, 6.07) is 7.70. The standard InChI is InChI=1S/C16H22N2O2/c1-20-15-9-5-4-8-14(15)10-11-17-16(19)18-12-6-2-3-7-13-18/h4-5,8-11H,2-3,6-7,12-13H2,1H3,(H,17,19)/b11-10+. The zero-order valence-electron chi connectivity index (χ0n) is 12.0. The summed E-state index contributed by atoms with van der Waals surface area (Å²) < 4.78 is 5.26. The first-order valence-corrected chi connectivity index (χ1v) is 7.16. The molecule has 1 saturated heterocycles. The summed E-state index contributed by atoms with van der Waals surface area (Å²) in [5.74, 6) is 0.799. The molecule has 0 atom stereocenters. The molecule has 20 heavy (non-hydrogen) atoms. The predicted molar refractivity (Wildman–Crippen MR) is 80.6 cm³/mol. The summed E-state index contributed by atoms with van der Waals surface area (Å²) in [6.07, 6.45) is 8.19. The summed E-state index contributed by atoms with van der Waals surface area (Å²) in [7, 11) is 1.64. The number of nitrogens with zero attached hydrogens (tertiary/aromatic N) is 1. The van der Waals surface area contributed by atoms with Gasteiger partial charge in [0, 0.05) is 24.9 Å². The predicted octanol–water partition coefficient (Wildman–Crippen LogP) is 3.25. The van der Waals surface area contributed by atoms with E-state index in [1.54, 1.807) is 13.3 Å². The smallest absolute Gasteiger partial charge is 0.321 e. The van der Waals surface area contributed by atoms with E-state index in [1.807, 2.05) is 35.2 Å². The number of hydrogen-bond acceptors (Lipinski definition) is 2.